The third-order valence-electron chi connectivity index (χ3n) is 1.46. The van der Waals surface area contributed by atoms with Crippen molar-refractivity contribution in [3.8, 4) is 5.88 Å². The van der Waals surface area contributed by atoms with Crippen molar-refractivity contribution in [3.63, 3.8) is 0 Å². The number of nitrogens with two attached hydrogens (primary N) is 1. The SMILES string of the molecule is CCNc1cc(OCC(F)(F)F)nc(N)n1. The number of hydrogen-bond donors (Lipinski definition) is 2. The Morgan fingerprint density at radius 1 is 1.44 bits per heavy atom. The van der Waals surface area contributed by atoms with E-state index in [0.717, 1.165) is 0 Å². The molecule has 0 aliphatic carbocycles. The highest BCUT2D eigenvalue weighted by Crippen LogP contribution is 2.19. The van der Waals surface area contributed by atoms with Crippen LogP contribution in [0.5, 0.6) is 5.88 Å². The molecule has 0 aliphatic rings. The monoisotopic (exact) mass is 236 g/mol. The van der Waals surface area contributed by atoms with Gasteiger partial charge in [-0.2, -0.15) is 23.1 Å². The second-order valence-electron chi connectivity index (χ2n) is 2.88. The lowest BCUT2D eigenvalue weighted by Crippen LogP contribution is -2.20. The van der Waals surface area contributed by atoms with Crippen molar-refractivity contribution in [2.75, 3.05) is 24.2 Å². The molecule has 8 heteroatoms. The first-order chi connectivity index (χ1) is 7.40. The highest BCUT2D eigenvalue weighted by molar-refractivity contribution is 5.42. The van der Waals surface area contributed by atoms with Gasteiger partial charge in [0.05, 0.1) is 0 Å². The Bertz CT molecular complexity index is 356. The number of alkyl halides is 3. The van der Waals surface area contributed by atoms with Gasteiger partial charge in [0.15, 0.2) is 6.61 Å². The summed E-state index contributed by atoms with van der Waals surface area (Å²) in [6.45, 7) is 0.971. The number of hydrogen-bond acceptors (Lipinski definition) is 5. The maximum Gasteiger partial charge on any atom is 0.422 e. The topological polar surface area (TPSA) is 73.1 Å². The Kier molecular flexibility index (Phi) is 3.75. The van der Waals surface area contributed by atoms with Crippen molar-refractivity contribution in [2.45, 2.75) is 13.1 Å². The van der Waals surface area contributed by atoms with E-state index in [-0.39, 0.29) is 11.8 Å². The summed E-state index contributed by atoms with van der Waals surface area (Å²) in [6, 6.07) is 1.26. The van der Waals surface area contributed by atoms with Gasteiger partial charge in [0.1, 0.15) is 5.82 Å². The minimum absolute atomic E-state index is 0.143. The highest BCUT2D eigenvalue weighted by atomic mass is 19.4. The summed E-state index contributed by atoms with van der Waals surface area (Å²) in [6.07, 6.45) is -4.40. The van der Waals surface area contributed by atoms with Gasteiger partial charge >= 0.3 is 6.18 Å². The Labute approximate surface area is 89.8 Å². The molecule has 3 N–H and O–H groups in total. The normalized spacial score (nSPS) is 11.2. The Hall–Kier alpha value is -1.73. The lowest BCUT2D eigenvalue weighted by atomic mass is 10.5. The largest absolute Gasteiger partial charge is 0.468 e. The van der Waals surface area contributed by atoms with Gasteiger partial charge in [0, 0.05) is 12.6 Å². The molecule has 0 spiro atoms. The molecule has 1 rings (SSSR count). The molecule has 0 fully saturated rings. The van der Waals surface area contributed by atoms with Gasteiger partial charge in [0.25, 0.3) is 0 Å². The van der Waals surface area contributed by atoms with Crippen LogP contribution in [0.2, 0.25) is 0 Å². The van der Waals surface area contributed by atoms with E-state index in [4.69, 9.17) is 5.73 Å². The van der Waals surface area contributed by atoms with E-state index in [0.29, 0.717) is 12.4 Å². The Morgan fingerprint density at radius 3 is 2.69 bits per heavy atom. The summed E-state index contributed by atoms with van der Waals surface area (Å²) >= 11 is 0. The van der Waals surface area contributed by atoms with Crippen LogP contribution in [0.4, 0.5) is 24.9 Å². The van der Waals surface area contributed by atoms with E-state index in [9.17, 15) is 13.2 Å². The zero-order chi connectivity index (χ0) is 12.2. The predicted octanol–water partition coefficient (Wildman–Crippen LogP) is 1.43. The van der Waals surface area contributed by atoms with E-state index >= 15 is 0 Å². The number of halogens is 3. The van der Waals surface area contributed by atoms with Crippen molar-refractivity contribution >= 4 is 11.8 Å². The van der Waals surface area contributed by atoms with Gasteiger partial charge in [0.2, 0.25) is 11.8 Å². The van der Waals surface area contributed by atoms with Crippen LogP contribution < -0.4 is 15.8 Å². The van der Waals surface area contributed by atoms with Crippen LogP contribution in [0.1, 0.15) is 6.92 Å². The van der Waals surface area contributed by atoms with E-state index in [1.807, 2.05) is 6.92 Å². The van der Waals surface area contributed by atoms with Gasteiger partial charge in [-0.15, -0.1) is 0 Å². The minimum Gasteiger partial charge on any atom is -0.468 e. The number of nitrogens with zero attached hydrogens (tertiary/aromatic N) is 2. The first kappa shape index (κ1) is 12.3. The van der Waals surface area contributed by atoms with Crippen LogP contribution in [0.15, 0.2) is 6.07 Å². The molecule has 16 heavy (non-hydrogen) atoms. The molecular formula is C8H11F3N4O. The fraction of sp³-hybridized carbons (Fsp3) is 0.500. The molecule has 5 nitrogen and oxygen atoms in total. The van der Waals surface area contributed by atoms with Crippen molar-refractivity contribution < 1.29 is 17.9 Å². The van der Waals surface area contributed by atoms with Crippen LogP contribution in [-0.2, 0) is 0 Å². The predicted molar refractivity (Wildman–Crippen MR) is 52.2 cm³/mol. The van der Waals surface area contributed by atoms with Gasteiger partial charge in [-0.05, 0) is 6.92 Å². The molecule has 0 radical (unpaired) electrons. The maximum absolute atomic E-state index is 11.9. The summed E-state index contributed by atoms with van der Waals surface area (Å²) in [5.74, 6) is -0.0245. The summed E-state index contributed by atoms with van der Waals surface area (Å²) in [7, 11) is 0. The molecule has 0 unspecified atom stereocenters. The number of rotatable bonds is 4. The van der Waals surface area contributed by atoms with Crippen molar-refractivity contribution in [2.24, 2.45) is 0 Å². The summed E-state index contributed by atoms with van der Waals surface area (Å²) < 4.78 is 40.1. The van der Waals surface area contributed by atoms with Crippen molar-refractivity contribution in [1.82, 2.24) is 9.97 Å². The van der Waals surface area contributed by atoms with Crippen molar-refractivity contribution in [3.05, 3.63) is 6.07 Å². The average molecular weight is 236 g/mol. The fourth-order valence-corrected chi connectivity index (χ4v) is 0.944. The van der Waals surface area contributed by atoms with Crippen LogP contribution in [-0.4, -0.2) is 29.3 Å². The molecule has 0 atom stereocenters. The molecular weight excluding hydrogens is 225 g/mol. The number of ether oxygens (including phenoxy) is 1. The molecule has 0 aromatic carbocycles. The smallest absolute Gasteiger partial charge is 0.422 e. The van der Waals surface area contributed by atoms with E-state index < -0.39 is 12.8 Å². The Morgan fingerprint density at radius 2 is 2.12 bits per heavy atom. The molecule has 1 aromatic heterocycles. The minimum atomic E-state index is -4.40. The second kappa shape index (κ2) is 4.86. The van der Waals surface area contributed by atoms with Crippen LogP contribution in [0.25, 0.3) is 0 Å². The van der Waals surface area contributed by atoms with E-state index in [2.05, 4.69) is 20.0 Å². The fourth-order valence-electron chi connectivity index (χ4n) is 0.944. The van der Waals surface area contributed by atoms with Crippen LogP contribution >= 0.6 is 0 Å². The first-order valence-electron chi connectivity index (χ1n) is 4.48. The van der Waals surface area contributed by atoms with Gasteiger partial charge in [-0.3, -0.25) is 0 Å². The zero-order valence-electron chi connectivity index (χ0n) is 8.51. The molecule has 0 aliphatic heterocycles. The number of nitrogens with one attached hydrogen (secondary N) is 1. The molecule has 1 aromatic rings. The van der Waals surface area contributed by atoms with E-state index in [1.165, 1.54) is 6.07 Å². The number of aromatic nitrogens is 2. The molecule has 1 heterocycles. The summed E-state index contributed by atoms with van der Waals surface area (Å²) in [5.41, 5.74) is 5.31. The van der Waals surface area contributed by atoms with Crippen LogP contribution in [0, 0.1) is 0 Å². The standard InChI is InChI=1S/C8H11F3N4O/c1-2-13-5-3-6(15-7(12)14-5)16-4-8(9,10)11/h3H,2,4H2,1H3,(H3,12,13,14,15). The van der Waals surface area contributed by atoms with Crippen molar-refractivity contribution in [1.29, 1.82) is 0 Å². The lowest BCUT2D eigenvalue weighted by Gasteiger charge is -2.10. The van der Waals surface area contributed by atoms with Crippen LogP contribution in [0.3, 0.4) is 0 Å². The molecule has 0 bridgehead atoms. The molecule has 90 valence electrons. The molecule has 0 saturated heterocycles. The second-order valence-corrected chi connectivity index (χ2v) is 2.88. The Balaban J connectivity index is 2.72. The molecule has 0 amide bonds. The summed E-state index contributed by atoms with van der Waals surface area (Å²) in [5, 5.41) is 2.79. The maximum atomic E-state index is 11.9. The van der Waals surface area contributed by atoms with Gasteiger partial charge < -0.3 is 15.8 Å². The number of anilines is 2. The quantitative estimate of drug-likeness (QED) is 0.827. The number of nitrogen functional groups attached to an aromatic ring is 1. The molecule has 0 saturated carbocycles. The third kappa shape index (κ3) is 4.20. The first-order valence-corrected chi connectivity index (χ1v) is 4.48. The lowest BCUT2D eigenvalue weighted by molar-refractivity contribution is -0.154. The summed E-state index contributed by atoms with van der Waals surface area (Å²) in [4.78, 5) is 7.29. The highest BCUT2D eigenvalue weighted by Gasteiger charge is 2.28. The third-order valence-corrected chi connectivity index (χ3v) is 1.46. The van der Waals surface area contributed by atoms with Gasteiger partial charge in [-0.25, -0.2) is 0 Å². The van der Waals surface area contributed by atoms with Gasteiger partial charge in [-0.1, -0.05) is 0 Å². The zero-order valence-corrected chi connectivity index (χ0v) is 8.51. The van der Waals surface area contributed by atoms with E-state index in [1.54, 1.807) is 0 Å². The average Bonchev–Trinajstić information content (AvgIpc) is 2.13.